The average molecular weight is 273 g/mol. The lowest BCUT2D eigenvalue weighted by Gasteiger charge is -2.32. The second kappa shape index (κ2) is 7.00. The van der Waals surface area contributed by atoms with Gasteiger partial charge in [0, 0.05) is 23.9 Å². The van der Waals surface area contributed by atoms with E-state index in [2.05, 4.69) is 23.2 Å². The van der Waals surface area contributed by atoms with Crippen LogP contribution < -0.4 is 9.80 Å². The monoisotopic (exact) mass is 273 g/mol. The molecule has 3 nitrogen and oxygen atoms in total. The number of hydrogen-bond acceptors (Lipinski definition) is 1. The van der Waals surface area contributed by atoms with E-state index in [0.717, 1.165) is 12.5 Å². The van der Waals surface area contributed by atoms with Crippen LogP contribution in [0.3, 0.4) is 0 Å². The quantitative estimate of drug-likeness (QED) is 0.724. The minimum atomic E-state index is 0.940. The molecule has 108 valence electrons. The van der Waals surface area contributed by atoms with Crippen molar-refractivity contribution in [3.05, 3.63) is 42.2 Å². The van der Waals surface area contributed by atoms with Crippen molar-refractivity contribution in [1.29, 1.82) is 0 Å². The fraction of sp³-hybridized carbons (Fsp3) is 0.588. The number of quaternary nitrogens is 2. The molecule has 1 aliphatic heterocycles. The zero-order valence-corrected chi connectivity index (χ0v) is 12.4. The first-order valence-electron chi connectivity index (χ1n) is 8.11. The predicted octanol–water partition coefficient (Wildman–Crippen LogP) is -0.279. The van der Waals surface area contributed by atoms with Gasteiger partial charge in [0.1, 0.15) is 32.7 Å². The third-order valence-electron chi connectivity index (χ3n) is 4.80. The molecule has 20 heavy (non-hydrogen) atoms. The van der Waals surface area contributed by atoms with Gasteiger partial charge < -0.3 is 9.80 Å². The maximum absolute atomic E-state index is 4.22. The molecule has 0 aromatic carbocycles. The largest absolute Gasteiger partial charge is 0.325 e. The van der Waals surface area contributed by atoms with Gasteiger partial charge in [0.15, 0.2) is 0 Å². The number of pyridine rings is 1. The Bertz CT molecular complexity index is 421. The normalized spacial score (nSPS) is 30.3. The fourth-order valence-corrected chi connectivity index (χ4v) is 3.58. The molecule has 1 saturated heterocycles. The van der Waals surface area contributed by atoms with Crippen LogP contribution >= 0.6 is 0 Å². The Morgan fingerprint density at radius 3 is 2.65 bits per heavy atom. The molecule has 2 N–H and O–H groups in total. The molecule has 1 aromatic rings. The molecule has 1 aliphatic carbocycles. The number of piperazine rings is 1. The Labute approximate surface area is 122 Å². The summed E-state index contributed by atoms with van der Waals surface area (Å²) in [5, 5.41) is 0. The molecule has 3 heteroatoms. The number of nitrogens with one attached hydrogen (secondary N) is 2. The minimum Gasteiger partial charge on any atom is -0.325 e. The number of nitrogens with zero attached hydrogens (tertiary/aromatic N) is 1. The summed E-state index contributed by atoms with van der Waals surface area (Å²) in [6.07, 6.45) is 12.6. The van der Waals surface area contributed by atoms with E-state index in [1.165, 1.54) is 57.5 Å². The van der Waals surface area contributed by atoms with Crippen molar-refractivity contribution in [3.8, 4) is 0 Å². The van der Waals surface area contributed by atoms with Crippen molar-refractivity contribution in [3.63, 3.8) is 0 Å². The van der Waals surface area contributed by atoms with E-state index in [1.807, 2.05) is 23.4 Å². The second-order valence-corrected chi connectivity index (χ2v) is 6.39. The van der Waals surface area contributed by atoms with Crippen LogP contribution in [0, 0.1) is 5.92 Å². The van der Waals surface area contributed by atoms with Gasteiger partial charge >= 0.3 is 0 Å². The van der Waals surface area contributed by atoms with Crippen molar-refractivity contribution in [2.24, 2.45) is 5.92 Å². The van der Waals surface area contributed by atoms with E-state index in [-0.39, 0.29) is 0 Å². The number of hydrogen-bond donors (Lipinski definition) is 2. The fourth-order valence-electron chi connectivity index (χ4n) is 3.58. The third kappa shape index (κ3) is 3.90. The first-order chi connectivity index (χ1) is 9.90. The van der Waals surface area contributed by atoms with Crippen LogP contribution in [0.2, 0.25) is 0 Å². The maximum atomic E-state index is 4.22. The van der Waals surface area contributed by atoms with Gasteiger partial charge in [-0.25, -0.2) is 0 Å². The SMILES string of the molecule is C1=CCC(C[NH+]2CC[NH+](Cc3cccnc3)CC2)CC1. The van der Waals surface area contributed by atoms with Gasteiger partial charge in [-0.15, -0.1) is 0 Å². The van der Waals surface area contributed by atoms with Crippen molar-refractivity contribution in [2.45, 2.75) is 25.8 Å². The number of rotatable bonds is 4. The van der Waals surface area contributed by atoms with E-state index >= 15 is 0 Å². The summed E-state index contributed by atoms with van der Waals surface area (Å²) in [6, 6.07) is 4.25. The zero-order chi connectivity index (χ0) is 13.6. The van der Waals surface area contributed by atoms with E-state index in [9.17, 15) is 0 Å². The van der Waals surface area contributed by atoms with Crippen LogP contribution in [0.5, 0.6) is 0 Å². The molecular formula is C17H27N3+2. The van der Waals surface area contributed by atoms with Gasteiger partial charge in [0.2, 0.25) is 0 Å². The molecule has 1 unspecified atom stereocenters. The molecule has 2 aliphatic rings. The van der Waals surface area contributed by atoms with Crippen LogP contribution in [-0.4, -0.2) is 37.7 Å². The maximum Gasteiger partial charge on any atom is 0.127 e. The summed E-state index contributed by atoms with van der Waals surface area (Å²) in [4.78, 5) is 7.78. The first-order valence-corrected chi connectivity index (χ1v) is 8.11. The summed E-state index contributed by atoms with van der Waals surface area (Å²) < 4.78 is 0. The van der Waals surface area contributed by atoms with E-state index in [0.29, 0.717) is 0 Å². The predicted molar refractivity (Wildman–Crippen MR) is 80.7 cm³/mol. The van der Waals surface area contributed by atoms with Crippen molar-refractivity contribution < 1.29 is 9.80 Å². The van der Waals surface area contributed by atoms with E-state index in [4.69, 9.17) is 0 Å². The molecule has 1 fully saturated rings. The highest BCUT2D eigenvalue weighted by Gasteiger charge is 2.25. The average Bonchev–Trinajstić information content (AvgIpc) is 2.51. The van der Waals surface area contributed by atoms with Gasteiger partial charge in [-0.2, -0.15) is 0 Å². The van der Waals surface area contributed by atoms with E-state index in [1.54, 1.807) is 4.90 Å². The van der Waals surface area contributed by atoms with Crippen LogP contribution in [-0.2, 0) is 6.54 Å². The van der Waals surface area contributed by atoms with Gasteiger partial charge in [-0.05, 0) is 25.3 Å². The second-order valence-electron chi connectivity index (χ2n) is 6.39. The van der Waals surface area contributed by atoms with Crippen molar-refractivity contribution in [2.75, 3.05) is 32.7 Å². The van der Waals surface area contributed by atoms with E-state index < -0.39 is 0 Å². The van der Waals surface area contributed by atoms with Gasteiger partial charge in [-0.3, -0.25) is 4.98 Å². The summed E-state index contributed by atoms with van der Waals surface area (Å²) >= 11 is 0. The molecule has 0 bridgehead atoms. The highest BCUT2D eigenvalue weighted by atomic mass is 15.3. The molecule has 0 spiro atoms. The van der Waals surface area contributed by atoms with Gasteiger partial charge in [0.25, 0.3) is 0 Å². The lowest BCUT2D eigenvalue weighted by Crippen LogP contribution is -3.27. The Kier molecular flexibility index (Phi) is 4.82. The summed E-state index contributed by atoms with van der Waals surface area (Å²) in [5.41, 5.74) is 1.38. The lowest BCUT2D eigenvalue weighted by atomic mass is 9.94. The third-order valence-corrected chi connectivity index (χ3v) is 4.80. The number of allylic oxidation sites excluding steroid dienone is 2. The molecule has 0 saturated carbocycles. The van der Waals surface area contributed by atoms with Crippen LogP contribution in [0.15, 0.2) is 36.7 Å². The molecule has 2 heterocycles. The molecule has 3 rings (SSSR count). The highest BCUT2D eigenvalue weighted by Crippen LogP contribution is 2.15. The Hall–Kier alpha value is -1.19. The van der Waals surface area contributed by atoms with Gasteiger partial charge in [-0.1, -0.05) is 18.2 Å². The van der Waals surface area contributed by atoms with Crippen molar-refractivity contribution >= 4 is 0 Å². The molecule has 0 radical (unpaired) electrons. The molecule has 0 amide bonds. The standard InChI is InChI=1S/C17H25N3/c1-2-5-16(6-3-1)14-19-9-11-20(12-10-19)15-17-7-4-8-18-13-17/h1-2,4,7-8,13,16H,3,5-6,9-12,14-15H2/p+2. The highest BCUT2D eigenvalue weighted by molar-refractivity contribution is 5.06. The summed E-state index contributed by atoms with van der Waals surface area (Å²) in [5.74, 6) is 0.940. The first kappa shape index (κ1) is 13.8. The molecular weight excluding hydrogens is 246 g/mol. The smallest absolute Gasteiger partial charge is 0.127 e. The van der Waals surface area contributed by atoms with Crippen LogP contribution in [0.25, 0.3) is 0 Å². The van der Waals surface area contributed by atoms with Crippen LogP contribution in [0.1, 0.15) is 24.8 Å². The van der Waals surface area contributed by atoms with Crippen LogP contribution in [0.4, 0.5) is 0 Å². The van der Waals surface area contributed by atoms with Crippen molar-refractivity contribution in [1.82, 2.24) is 4.98 Å². The molecule has 1 aromatic heterocycles. The Morgan fingerprint density at radius 1 is 1.10 bits per heavy atom. The number of aromatic nitrogens is 1. The Morgan fingerprint density at radius 2 is 1.95 bits per heavy atom. The van der Waals surface area contributed by atoms with Gasteiger partial charge in [0.05, 0.1) is 6.54 Å². The zero-order valence-electron chi connectivity index (χ0n) is 12.4. The Balaban J connectivity index is 1.41. The summed E-state index contributed by atoms with van der Waals surface area (Å²) in [7, 11) is 0. The lowest BCUT2D eigenvalue weighted by molar-refractivity contribution is -1.02. The molecule has 1 atom stereocenters. The minimum absolute atomic E-state index is 0.940. The summed E-state index contributed by atoms with van der Waals surface area (Å²) in [6.45, 7) is 7.85. The topological polar surface area (TPSA) is 21.8 Å².